The van der Waals surface area contributed by atoms with Crippen LogP contribution in [-0.4, -0.2) is 72.3 Å². The largest absolute Gasteiger partial charge is 0.480 e. The minimum atomic E-state index is -1.39. The van der Waals surface area contributed by atoms with Crippen LogP contribution in [0.3, 0.4) is 0 Å². The van der Waals surface area contributed by atoms with Gasteiger partial charge in [0.25, 0.3) is 0 Å². The van der Waals surface area contributed by atoms with Crippen LogP contribution in [0.5, 0.6) is 0 Å². The molecule has 1 aromatic rings. The molecule has 0 spiro atoms. The summed E-state index contributed by atoms with van der Waals surface area (Å²) in [4.78, 5) is 51.3. The molecular weight excluding hydrogens is 448 g/mol. The van der Waals surface area contributed by atoms with E-state index < -0.39 is 48.2 Å². The van der Waals surface area contributed by atoms with E-state index in [1.54, 1.807) is 31.2 Å². The van der Waals surface area contributed by atoms with E-state index in [2.05, 4.69) is 20.9 Å². The number of ether oxygens (including phenoxy) is 2. The van der Waals surface area contributed by atoms with Gasteiger partial charge in [-0.2, -0.15) is 0 Å². The molecule has 8 N–H and O–H groups in total. The summed E-state index contributed by atoms with van der Waals surface area (Å²) in [7, 11) is 0. The first-order chi connectivity index (χ1) is 16.2. The topological polar surface area (TPSA) is 207 Å². The molecule has 3 amide bonds. The molecule has 1 fully saturated rings. The first-order valence-corrected chi connectivity index (χ1v) is 10.6. The number of nitrogens with one attached hydrogen (secondary N) is 3. The van der Waals surface area contributed by atoms with Gasteiger partial charge < -0.3 is 42.0 Å². The maximum Gasteiger partial charge on any atom is 0.408 e. The second-order valence-corrected chi connectivity index (χ2v) is 7.68. The molecule has 0 radical (unpaired) electrons. The van der Waals surface area contributed by atoms with E-state index in [1.165, 1.54) is 0 Å². The summed E-state index contributed by atoms with van der Waals surface area (Å²) in [6.07, 6.45) is -1.27. The number of hydrogen-bond donors (Lipinski definition) is 6. The zero-order valence-electron chi connectivity index (χ0n) is 18.7. The second-order valence-electron chi connectivity index (χ2n) is 7.68. The molecule has 1 aliphatic rings. The molecular formula is C21H30N6O7. The third-order valence-corrected chi connectivity index (χ3v) is 4.98. The van der Waals surface area contributed by atoms with Crippen molar-refractivity contribution in [1.29, 1.82) is 0 Å². The fourth-order valence-corrected chi connectivity index (χ4v) is 3.20. The lowest BCUT2D eigenvalue weighted by molar-refractivity contribution is -0.139. The van der Waals surface area contributed by atoms with Crippen LogP contribution in [0.25, 0.3) is 0 Å². The molecule has 186 valence electrons. The summed E-state index contributed by atoms with van der Waals surface area (Å²) >= 11 is 0. The number of alkyl carbamates (subject to hydrolysis) is 1. The molecule has 1 saturated heterocycles. The highest BCUT2D eigenvalue weighted by atomic mass is 16.5. The number of amides is 3. The van der Waals surface area contributed by atoms with Gasteiger partial charge in [-0.15, -0.1) is 0 Å². The number of hydrogen-bond acceptors (Lipinski definition) is 7. The lowest BCUT2D eigenvalue weighted by Crippen LogP contribution is -2.50. The van der Waals surface area contributed by atoms with Gasteiger partial charge in [0.2, 0.25) is 11.8 Å². The van der Waals surface area contributed by atoms with Crippen LogP contribution >= 0.6 is 0 Å². The van der Waals surface area contributed by atoms with Crippen molar-refractivity contribution < 1.29 is 33.8 Å². The van der Waals surface area contributed by atoms with E-state index in [9.17, 15) is 24.3 Å². The number of guanidine groups is 1. The van der Waals surface area contributed by atoms with E-state index >= 15 is 0 Å². The lowest BCUT2D eigenvalue weighted by Gasteiger charge is -2.21. The van der Waals surface area contributed by atoms with Gasteiger partial charge in [-0.05, 0) is 25.3 Å². The molecule has 13 nitrogen and oxygen atoms in total. The molecule has 13 heteroatoms. The van der Waals surface area contributed by atoms with Gasteiger partial charge in [0, 0.05) is 6.54 Å². The van der Waals surface area contributed by atoms with Gasteiger partial charge in [-0.25, -0.2) is 14.6 Å². The molecule has 1 aliphatic heterocycles. The Bertz CT molecular complexity index is 891. The van der Waals surface area contributed by atoms with Crippen molar-refractivity contribution in [1.82, 2.24) is 16.0 Å². The number of carboxylic acids is 1. The number of aliphatic carboxylic acids is 1. The second kappa shape index (κ2) is 13.0. The minimum Gasteiger partial charge on any atom is -0.480 e. The molecule has 0 aromatic heterocycles. The molecule has 1 heterocycles. The third kappa shape index (κ3) is 8.94. The van der Waals surface area contributed by atoms with Crippen molar-refractivity contribution in [3.63, 3.8) is 0 Å². The fourth-order valence-electron chi connectivity index (χ4n) is 3.20. The fraction of sp³-hybridized carbons (Fsp3) is 0.476. The molecule has 0 saturated carbocycles. The van der Waals surface area contributed by atoms with Crippen LogP contribution in [0.1, 0.15) is 25.3 Å². The van der Waals surface area contributed by atoms with Crippen molar-refractivity contribution >= 4 is 29.8 Å². The first kappa shape index (κ1) is 26.4. The molecule has 34 heavy (non-hydrogen) atoms. The molecule has 2 rings (SSSR count). The highest BCUT2D eigenvalue weighted by Gasteiger charge is 2.34. The molecule has 0 bridgehead atoms. The monoisotopic (exact) mass is 478 g/mol. The molecule has 4 atom stereocenters. The van der Waals surface area contributed by atoms with E-state index in [4.69, 9.17) is 20.9 Å². The lowest BCUT2D eigenvalue weighted by atomic mass is 10.1. The minimum absolute atomic E-state index is 0.0245. The predicted molar refractivity (Wildman–Crippen MR) is 120 cm³/mol. The van der Waals surface area contributed by atoms with Gasteiger partial charge in [-0.3, -0.25) is 9.59 Å². The summed E-state index contributed by atoms with van der Waals surface area (Å²) in [5.74, 6) is -2.45. The number of aliphatic imine (C=N–C) groups is 1. The summed E-state index contributed by atoms with van der Waals surface area (Å²) in [5, 5.41) is 16.7. The highest BCUT2D eigenvalue weighted by molar-refractivity contribution is 5.84. The quantitative estimate of drug-likeness (QED) is 0.167. The zero-order valence-corrected chi connectivity index (χ0v) is 18.7. The van der Waals surface area contributed by atoms with Gasteiger partial charge in [-0.1, -0.05) is 30.3 Å². The Hall–Kier alpha value is -3.87. The third-order valence-electron chi connectivity index (χ3n) is 4.98. The van der Waals surface area contributed by atoms with Gasteiger partial charge in [0.1, 0.15) is 25.3 Å². The molecule has 0 aliphatic carbocycles. The average Bonchev–Trinajstić information content (AvgIpc) is 3.30. The van der Waals surface area contributed by atoms with Crippen LogP contribution < -0.4 is 27.4 Å². The Morgan fingerprint density at radius 3 is 2.53 bits per heavy atom. The SMILES string of the molecule is C[C@H](NC(=O)CN=C(N)N)[C@@H]1CC[C@H](C(=O)NC[C@H](NC(=O)OCc2ccccc2)C(=O)O)O1. The normalized spacial score (nSPS) is 18.7. The zero-order chi connectivity index (χ0) is 25.1. The summed E-state index contributed by atoms with van der Waals surface area (Å²) in [6.45, 7) is 1.12. The van der Waals surface area contributed by atoms with Gasteiger partial charge in [0.05, 0.1) is 12.1 Å². The summed E-state index contributed by atoms with van der Waals surface area (Å²) in [6, 6.07) is 7.10. The standard InChI is InChI=1S/C21H30N6O7/c1-12(26-17(28)10-25-20(22)23)15-7-8-16(34-15)18(29)24-9-14(19(30)31)27-21(32)33-11-13-5-3-2-4-6-13/h2-6,12,14-16H,7-11H2,1H3,(H,24,29)(H,26,28)(H,27,32)(H,30,31)(H4,22,23,25)/t12-,14-,15-,16+/m0/s1. The predicted octanol–water partition coefficient (Wildman–Crippen LogP) is -1.19. The molecule has 1 aromatic carbocycles. The van der Waals surface area contributed by atoms with E-state index in [1.807, 2.05) is 6.07 Å². The van der Waals surface area contributed by atoms with E-state index in [0.717, 1.165) is 5.56 Å². The Balaban J connectivity index is 1.76. The van der Waals surface area contributed by atoms with Crippen molar-refractivity contribution in [3.8, 4) is 0 Å². The van der Waals surface area contributed by atoms with Crippen molar-refractivity contribution in [2.24, 2.45) is 16.5 Å². The number of nitrogens with zero attached hydrogens (tertiary/aromatic N) is 1. The number of nitrogens with two attached hydrogens (primary N) is 2. The number of benzene rings is 1. The highest BCUT2D eigenvalue weighted by Crippen LogP contribution is 2.22. The molecule has 0 unspecified atom stereocenters. The van der Waals surface area contributed by atoms with Crippen molar-refractivity contribution in [2.75, 3.05) is 13.1 Å². The number of rotatable bonds is 11. The summed E-state index contributed by atoms with van der Waals surface area (Å²) in [5.41, 5.74) is 11.1. The summed E-state index contributed by atoms with van der Waals surface area (Å²) < 4.78 is 10.7. The Labute approximate surface area is 196 Å². The number of carbonyl (C=O) groups is 4. The van der Waals surface area contributed by atoms with Crippen LogP contribution in [0.4, 0.5) is 4.79 Å². The van der Waals surface area contributed by atoms with Gasteiger partial charge in [0.15, 0.2) is 5.96 Å². The van der Waals surface area contributed by atoms with Crippen LogP contribution in [-0.2, 0) is 30.5 Å². The smallest absolute Gasteiger partial charge is 0.408 e. The van der Waals surface area contributed by atoms with Crippen molar-refractivity contribution in [2.45, 2.75) is 50.7 Å². The Morgan fingerprint density at radius 2 is 1.88 bits per heavy atom. The van der Waals surface area contributed by atoms with Crippen LogP contribution in [0.2, 0.25) is 0 Å². The number of carboxylic acid groups (broad SMARTS) is 1. The Kier molecular flexibility index (Phi) is 10.1. The first-order valence-electron chi connectivity index (χ1n) is 10.6. The van der Waals surface area contributed by atoms with Crippen LogP contribution in [0, 0.1) is 0 Å². The van der Waals surface area contributed by atoms with E-state index in [-0.39, 0.29) is 25.7 Å². The van der Waals surface area contributed by atoms with E-state index in [0.29, 0.717) is 12.8 Å². The average molecular weight is 479 g/mol. The van der Waals surface area contributed by atoms with Crippen molar-refractivity contribution in [3.05, 3.63) is 35.9 Å². The number of carbonyl (C=O) groups excluding carboxylic acids is 3. The van der Waals surface area contributed by atoms with Gasteiger partial charge >= 0.3 is 12.1 Å². The maximum atomic E-state index is 12.4. The Morgan fingerprint density at radius 1 is 1.18 bits per heavy atom. The maximum absolute atomic E-state index is 12.4. The van der Waals surface area contributed by atoms with Crippen LogP contribution in [0.15, 0.2) is 35.3 Å².